The van der Waals surface area contributed by atoms with E-state index in [0.29, 0.717) is 47.2 Å². The van der Waals surface area contributed by atoms with Crippen LogP contribution < -0.4 is 19.1 Å². The van der Waals surface area contributed by atoms with Crippen LogP contribution >= 0.6 is 0 Å². The van der Waals surface area contributed by atoms with E-state index < -0.39 is 10.0 Å². The van der Waals surface area contributed by atoms with Crippen molar-refractivity contribution in [2.75, 3.05) is 29.9 Å². The molecule has 0 saturated carbocycles. The monoisotopic (exact) mass is 400 g/mol. The smallest absolute Gasteiger partial charge is 0.261 e. The zero-order chi connectivity index (χ0) is 20.1. The average molecular weight is 400 g/mol. The van der Waals surface area contributed by atoms with Gasteiger partial charge in [0.15, 0.2) is 11.5 Å². The van der Waals surface area contributed by atoms with E-state index in [-0.39, 0.29) is 10.8 Å². The van der Waals surface area contributed by atoms with Crippen molar-refractivity contribution in [1.29, 1.82) is 0 Å². The fraction of sp³-hybridized carbons (Fsp3) is 0.250. The maximum Gasteiger partial charge on any atom is 0.261 e. The minimum Gasteiger partial charge on any atom is -0.486 e. The van der Waals surface area contributed by atoms with E-state index in [1.807, 2.05) is 13.8 Å². The van der Waals surface area contributed by atoms with Gasteiger partial charge in [-0.05, 0) is 44.2 Å². The first-order valence-corrected chi connectivity index (χ1v) is 10.3. The molecule has 2 aromatic carbocycles. The van der Waals surface area contributed by atoms with Crippen molar-refractivity contribution in [1.82, 2.24) is 0 Å². The normalized spacial score (nSPS) is 15.5. The van der Waals surface area contributed by atoms with Crippen LogP contribution in [0.5, 0.6) is 11.5 Å². The first-order valence-electron chi connectivity index (χ1n) is 8.80. The minimum absolute atomic E-state index is 0.0861. The summed E-state index contributed by atoms with van der Waals surface area (Å²) >= 11 is 0. The third-order valence-corrected chi connectivity index (χ3v) is 6.10. The van der Waals surface area contributed by atoms with Crippen molar-refractivity contribution in [3.63, 3.8) is 0 Å². The summed E-state index contributed by atoms with van der Waals surface area (Å²) < 4.78 is 39.3. The second-order valence-corrected chi connectivity index (χ2v) is 8.56. The highest BCUT2D eigenvalue weighted by Gasteiger charge is 2.32. The molecule has 0 atom stereocenters. The number of nitrogens with zero attached hydrogens (tertiary/aromatic N) is 1. The highest BCUT2D eigenvalue weighted by molar-refractivity contribution is 7.92. The molecule has 0 aromatic heterocycles. The number of rotatable bonds is 3. The highest BCUT2D eigenvalue weighted by Crippen LogP contribution is 2.39. The summed E-state index contributed by atoms with van der Waals surface area (Å²) in [5, 5.41) is 0. The maximum atomic E-state index is 12.9. The number of benzene rings is 2. The molecule has 146 valence electrons. The lowest BCUT2D eigenvalue weighted by Crippen LogP contribution is -2.20. The highest BCUT2D eigenvalue weighted by atomic mass is 32.2. The predicted molar refractivity (Wildman–Crippen MR) is 106 cm³/mol. The van der Waals surface area contributed by atoms with Crippen molar-refractivity contribution < 1.29 is 22.7 Å². The molecule has 28 heavy (non-hydrogen) atoms. The van der Waals surface area contributed by atoms with Crippen LogP contribution in [0.25, 0.3) is 5.57 Å². The Morgan fingerprint density at radius 2 is 1.75 bits per heavy atom. The van der Waals surface area contributed by atoms with Crippen LogP contribution in [0.4, 0.5) is 11.4 Å². The topological polar surface area (TPSA) is 84.9 Å². The lowest BCUT2D eigenvalue weighted by Gasteiger charge is -2.19. The zero-order valence-electron chi connectivity index (χ0n) is 15.8. The molecule has 0 unspecified atom stereocenters. The van der Waals surface area contributed by atoms with Gasteiger partial charge in [0.1, 0.15) is 13.2 Å². The van der Waals surface area contributed by atoms with E-state index in [4.69, 9.17) is 9.47 Å². The largest absolute Gasteiger partial charge is 0.486 e. The van der Waals surface area contributed by atoms with E-state index in [9.17, 15) is 13.2 Å². The van der Waals surface area contributed by atoms with Gasteiger partial charge < -0.3 is 14.4 Å². The van der Waals surface area contributed by atoms with Crippen molar-refractivity contribution in [2.24, 2.45) is 0 Å². The Balaban J connectivity index is 1.70. The third-order valence-electron chi connectivity index (χ3n) is 4.72. The first kappa shape index (κ1) is 18.4. The number of amides is 1. The number of sulfonamides is 1. The summed E-state index contributed by atoms with van der Waals surface area (Å²) in [6.07, 6.45) is 0. The fourth-order valence-electron chi connectivity index (χ4n) is 3.37. The molecule has 2 heterocycles. The Morgan fingerprint density at radius 1 is 1.04 bits per heavy atom. The van der Waals surface area contributed by atoms with Crippen LogP contribution in [0.3, 0.4) is 0 Å². The van der Waals surface area contributed by atoms with E-state index in [1.165, 1.54) is 11.0 Å². The molecule has 2 aliphatic heterocycles. The van der Waals surface area contributed by atoms with Gasteiger partial charge in [-0.2, -0.15) is 0 Å². The molecule has 1 N–H and O–H groups in total. The van der Waals surface area contributed by atoms with Gasteiger partial charge in [0, 0.05) is 24.3 Å². The lowest BCUT2D eigenvalue weighted by atomic mass is 10.0. The molecule has 7 nitrogen and oxygen atoms in total. The van der Waals surface area contributed by atoms with E-state index in [0.717, 1.165) is 5.57 Å². The Hall–Kier alpha value is -3.00. The molecule has 8 heteroatoms. The molecule has 0 fully saturated rings. The van der Waals surface area contributed by atoms with Gasteiger partial charge in [-0.15, -0.1) is 0 Å². The van der Waals surface area contributed by atoms with Crippen LogP contribution in [-0.2, 0) is 14.8 Å². The summed E-state index contributed by atoms with van der Waals surface area (Å²) in [6, 6.07) is 9.58. The standard InChI is InChI=1S/C20H20N2O5S/c1-12(2)19-15-11-14(5-6-16(15)22(3)20(19)23)28(24,25)21-13-4-7-17-18(10-13)27-9-8-26-17/h4-7,10-11,21H,8-9H2,1-3H3. The summed E-state index contributed by atoms with van der Waals surface area (Å²) in [5.74, 6) is 0.949. The number of hydrogen-bond acceptors (Lipinski definition) is 5. The Bertz CT molecular complexity index is 1120. The fourth-order valence-corrected chi connectivity index (χ4v) is 4.45. The van der Waals surface area contributed by atoms with Crippen LogP contribution in [0.1, 0.15) is 19.4 Å². The number of likely N-dealkylation sites (N-methyl/N-ethyl adjacent to an activating group) is 1. The molecule has 2 aliphatic rings. The van der Waals surface area contributed by atoms with E-state index >= 15 is 0 Å². The van der Waals surface area contributed by atoms with Gasteiger partial charge in [0.2, 0.25) is 0 Å². The molecular weight excluding hydrogens is 380 g/mol. The quantitative estimate of drug-likeness (QED) is 0.801. The predicted octanol–water partition coefficient (Wildman–Crippen LogP) is 3.03. The van der Waals surface area contributed by atoms with Gasteiger partial charge >= 0.3 is 0 Å². The third kappa shape index (κ3) is 2.99. The zero-order valence-corrected chi connectivity index (χ0v) is 16.6. The van der Waals surface area contributed by atoms with Gasteiger partial charge in [-0.1, -0.05) is 5.57 Å². The maximum absolute atomic E-state index is 12.9. The van der Waals surface area contributed by atoms with Crippen molar-refractivity contribution in [3.8, 4) is 11.5 Å². The minimum atomic E-state index is -3.84. The number of hydrogen-bond donors (Lipinski definition) is 1. The number of anilines is 2. The average Bonchev–Trinajstić information content (AvgIpc) is 2.91. The molecule has 2 aromatic rings. The number of nitrogens with one attached hydrogen (secondary N) is 1. The number of allylic oxidation sites excluding steroid dienone is 1. The summed E-state index contributed by atoms with van der Waals surface area (Å²) in [6.45, 7) is 4.56. The molecule has 0 spiro atoms. The van der Waals surface area contributed by atoms with Gasteiger partial charge in [0.05, 0.1) is 16.3 Å². The van der Waals surface area contributed by atoms with Crippen molar-refractivity contribution in [3.05, 3.63) is 47.5 Å². The molecule has 0 saturated heterocycles. The molecule has 0 radical (unpaired) electrons. The Kier molecular flexibility index (Phi) is 4.30. The molecule has 0 bridgehead atoms. The van der Waals surface area contributed by atoms with E-state index in [2.05, 4.69) is 4.72 Å². The molecular formula is C20H20N2O5S. The summed E-state index contributed by atoms with van der Waals surface area (Å²) in [4.78, 5) is 14.1. The molecule has 1 amide bonds. The number of ether oxygens (including phenoxy) is 2. The number of fused-ring (bicyclic) bond motifs is 2. The SMILES string of the molecule is CC(C)=C1C(=O)N(C)c2ccc(S(=O)(=O)Nc3ccc4c(c3)OCCO4)cc21. The van der Waals surface area contributed by atoms with Crippen LogP contribution in [0.2, 0.25) is 0 Å². The second kappa shape index (κ2) is 6.56. The first-order chi connectivity index (χ1) is 13.3. The van der Waals surface area contributed by atoms with Crippen LogP contribution in [0.15, 0.2) is 46.9 Å². The van der Waals surface area contributed by atoms with Gasteiger partial charge in [-0.25, -0.2) is 8.42 Å². The Morgan fingerprint density at radius 3 is 2.46 bits per heavy atom. The Labute approximate surface area is 163 Å². The summed E-state index contributed by atoms with van der Waals surface area (Å²) in [7, 11) is -2.17. The number of carbonyl (C=O) groups is 1. The molecule has 0 aliphatic carbocycles. The van der Waals surface area contributed by atoms with E-state index in [1.54, 1.807) is 37.4 Å². The summed E-state index contributed by atoms with van der Waals surface area (Å²) in [5.41, 5.74) is 3.07. The van der Waals surface area contributed by atoms with Crippen LogP contribution in [-0.4, -0.2) is 34.6 Å². The van der Waals surface area contributed by atoms with Crippen LogP contribution in [0, 0.1) is 0 Å². The van der Waals surface area contributed by atoms with Gasteiger partial charge in [0.25, 0.3) is 15.9 Å². The van der Waals surface area contributed by atoms with Gasteiger partial charge in [-0.3, -0.25) is 9.52 Å². The second-order valence-electron chi connectivity index (χ2n) is 6.88. The lowest BCUT2D eigenvalue weighted by molar-refractivity contribution is -0.112. The van der Waals surface area contributed by atoms with Crippen molar-refractivity contribution >= 4 is 32.9 Å². The number of carbonyl (C=O) groups excluding carboxylic acids is 1. The molecule has 4 rings (SSSR count). The van der Waals surface area contributed by atoms with Crippen molar-refractivity contribution in [2.45, 2.75) is 18.7 Å².